The van der Waals surface area contributed by atoms with Crippen molar-refractivity contribution in [3.63, 3.8) is 0 Å². The topological polar surface area (TPSA) is 67.2 Å². The second kappa shape index (κ2) is 6.20. The second-order valence-corrected chi connectivity index (χ2v) is 4.40. The number of hydrogen-bond donors (Lipinski definition) is 2. The van der Waals surface area contributed by atoms with Gasteiger partial charge in [-0.25, -0.2) is 4.39 Å². The number of carbonyl (C=O) groups is 1. The quantitative estimate of drug-likeness (QED) is 0.822. The molecule has 0 spiro atoms. The van der Waals surface area contributed by atoms with E-state index < -0.39 is 5.82 Å². The number of anilines is 1. The van der Waals surface area contributed by atoms with Gasteiger partial charge in [0.2, 0.25) is 0 Å². The summed E-state index contributed by atoms with van der Waals surface area (Å²) >= 11 is 0. The van der Waals surface area contributed by atoms with Crippen molar-refractivity contribution in [3.05, 3.63) is 47.0 Å². The summed E-state index contributed by atoms with van der Waals surface area (Å²) in [4.78, 5) is 12.1. The molecule has 1 heterocycles. The molecule has 6 heteroatoms. The number of nitrogens with zero attached hydrogens (tertiary/aromatic N) is 2. The van der Waals surface area contributed by atoms with Gasteiger partial charge in [-0.2, -0.15) is 5.10 Å². The SMILES string of the molecule is Cc1cc(C(=O)Nc2ccc(F)c(C#CCO)c2)n(C)n1. The van der Waals surface area contributed by atoms with Crippen LogP contribution in [0.4, 0.5) is 10.1 Å². The molecule has 0 bridgehead atoms. The fourth-order valence-corrected chi connectivity index (χ4v) is 1.85. The van der Waals surface area contributed by atoms with Crippen molar-refractivity contribution in [2.45, 2.75) is 6.92 Å². The lowest BCUT2D eigenvalue weighted by Crippen LogP contribution is -2.16. The van der Waals surface area contributed by atoms with Crippen LogP contribution in [0, 0.1) is 24.6 Å². The fraction of sp³-hybridized carbons (Fsp3) is 0.200. The van der Waals surface area contributed by atoms with Gasteiger partial charge in [0, 0.05) is 12.7 Å². The van der Waals surface area contributed by atoms with E-state index in [0.29, 0.717) is 11.4 Å². The van der Waals surface area contributed by atoms with Gasteiger partial charge in [0.1, 0.15) is 18.1 Å². The first-order chi connectivity index (χ1) is 10.0. The summed E-state index contributed by atoms with van der Waals surface area (Å²) in [5.41, 5.74) is 1.67. The summed E-state index contributed by atoms with van der Waals surface area (Å²) in [5.74, 6) is 4.01. The molecule has 1 aromatic heterocycles. The fourth-order valence-electron chi connectivity index (χ4n) is 1.85. The molecule has 0 aliphatic carbocycles. The van der Waals surface area contributed by atoms with Gasteiger partial charge < -0.3 is 10.4 Å². The van der Waals surface area contributed by atoms with Crippen LogP contribution in [0.5, 0.6) is 0 Å². The van der Waals surface area contributed by atoms with Crippen molar-refractivity contribution in [1.82, 2.24) is 9.78 Å². The van der Waals surface area contributed by atoms with Gasteiger partial charge in [-0.05, 0) is 31.2 Å². The van der Waals surface area contributed by atoms with Gasteiger partial charge in [-0.15, -0.1) is 0 Å². The molecule has 0 unspecified atom stereocenters. The molecular weight excluding hydrogens is 273 g/mol. The summed E-state index contributed by atoms with van der Waals surface area (Å²) < 4.78 is 15.0. The monoisotopic (exact) mass is 287 g/mol. The highest BCUT2D eigenvalue weighted by Gasteiger charge is 2.12. The van der Waals surface area contributed by atoms with Crippen LogP contribution in [0.3, 0.4) is 0 Å². The number of carbonyl (C=O) groups excluding carboxylic acids is 1. The first kappa shape index (κ1) is 14.8. The minimum atomic E-state index is -0.509. The maximum atomic E-state index is 13.5. The molecule has 0 saturated carbocycles. The molecule has 2 aromatic rings. The van der Waals surface area contributed by atoms with E-state index in [2.05, 4.69) is 22.3 Å². The first-order valence-corrected chi connectivity index (χ1v) is 6.22. The number of aromatic nitrogens is 2. The molecule has 0 radical (unpaired) electrons. The zero-order valence-electron chi connectivity index (χ0n) is 11.6. The number of aliphatic hydroxyl groups is 1. The standard InChI is InChI=1S/C15H14FN3O2/c1-10-8-14(19(2)18-10)15(21)17-12-5-6-13(16)11(9-12)4-3-7-20/h5-6,8-9,20H,7H2,1-2H3,(H,17,21). The summed E-state index contributed by atoms with van der Waals surface area (Å²) in [7, 11) is 1.67. The Morgan fingerprint density at radius 2 is 2.24 bits per heavy atom. The van der Waals surface area contributed by atoms with Crippen molar-refractivity contribution < 1.29 is 14.3 Å². The van der Waals surface area contributed by atoms with Crippen LogP contribution < -0.4 is 5.32 Å². The molecule has 2 N–H and O–H groups in total. The van der Waals surface area contributed by atoms with Crippen LogP contribution in [-0.2, 0) is 7.05 Å². The molecule has 5 nitrogen and oxygen atoms in total. The first-order valence-electron chi connectivity index (χ1n) is 6.22. The number of aliphatic hydroxyl groups excluding tert-OH is 1. The van der Waals surface area contributed by atoms with Crippen molar-refractivity contribution in [2.75, 3.05) is 11.9 Å². The number of benzene rings is 1. The van der Waals surface area contributed by atoms with E-state index in [9.17, 15) is 9.18 Å². The van der Waals surface area contributed by atoms with E-state index in [-0.39, 0.29) is 18.1 Å². The third-order valence-corrected chi connectivity index (χ3v) is 2.76. The number of amides is 1. The highest BCUT2D eigenvalue weighted by Crippen LogP contribution is 2.15. The summed E-state index contributed by atoms with van der Waals surface area (Å²) in [6, 6.07) is 5.73. The number of hydrogen-bond acceptors (Lipinski definition) is 3. The van der Waals surface area contributed by atoms with Crippen molar-refractivity contribution in [3.8, 4) is 11.8 Å². The minimum Gasteiger partial charge on any atom is -0.384 e. The van der Waals surface area contributed by atoms with Crippen molar-refractivity contribution in [2.24, 2.45) is 7.05 Å². The minimum absolute atomic E-state index is 0.114. The highest BCUT2D eigenvalue weighted by molar-refractivity contribution is 6.03. The Bertz CT molecular complexity index is 741. The van der Waals surface area contributed by atoms with Gasteiger partial charge in [0.15, 0.2) is 0 Å². The predicted octanol–water partition coefficient (Wildman–Crippen LogP) is 1.46. The van der Waals surface area contributed by atoms with Crippen LogP contribution >= 0.6 is 0 Å². The molecule has 0 fully saturated rings. The maximum absolute atomic E-state index is 13.5. The third-order valence-electron chi connectivity index (χ3n) is 2.76. The lowest BCUT2D eigenvalue weighted by Gasteiger charge is -2.06. The van der Waals surface area contributed by atoms with Crippen molar-refractivity contribution >= 4 is 11.6 Å². The molecule has 1 amide bonds. The van der Waals surface area contributed by atoms with E-state index in [1.54, 1.807) is 20.0 Å². The van der Waals surface area contributed by atoms with Crippen LogP contribution in [0.25, 0.3) is 0 Å². The zero-order chi connectivity index (χ0) is 15.4. The highest BCUT2D eigenvalue weighted by atomic mass is 19.1. The number of aryl methyl sites for hydroxylation is 2. The lowest BCUT2D eigenvalue weighted by atomic mass is 10.2. The summed E-state index contributed by atoms with van der Waals surface area (Å²) in [6.07, 6.45) is 0. The van der Waals surface area contributed by atoms with Crippen LogP contribution in [0.15, 0.2) is 24.3 Å². The average Bonchev–Trinajstić information content (AvgIpc) is 2.78. The third kappa shape index (κ3) is 3.46. The number of halogens is 1. The Morgan fingerprint density at radius 3 is 2.86 bits per heavy atom. The molecule has 0 aliphatic rings. The lowest BCUT2D eigenvalue weighted by molar-refractivity contribution is 0.101. The second-order valence-electron chi connectivity index (χ2n) is 4.40. The van der Waals surface area contributed by atoms with Crippen LogP contribution in [-0.4, -0.2) is 27.4 Å². The largest absolute Gasteiger partial charge is 0.384 e. The molecule has 0 aliphatic heterocycles. The van der Waals surface area contributed by atoms with E-state index in [1.165, 1.54) is 22.9 Å². The number of rotatable bonds is 2. The normalized spacial score (nSPS) is 9.90. The molecule has 0 atom stereocenters. The molecular formula is C15H14FN3O2. The zero-order valence-corrected chi connectivity index (χ0v) is 11.6. The maximum Gasteiger partial charge on any atom is 0.273 e. The van der Waals surface area contributed by atoms with Gasteiger partial charge in [0.25, 0.3) is 5.91 Å². The predicted molar refractivity (Wildman–Crippen MR) is 76.3 cm³/mol. The Kier molecular flexibility index (Phi) is 4.36. The molecule has 108 valence electrons. The molecule has 2 rings (SSSR count). The molecule has 21 heavy (non-hydrogen) atoms. The summed E-state index contributed by atoms with van der Waals surface area (Å²) in [6.45, 7) is 1.43. The van der Waals surface area contributed by atoms with Crippen LogP contribution in [0.2, 0.25) is 0 Å². The van der Waals surface area contributed by atoms with Crippen molar-refractivity contribution in [1.29, 1.82) is 0 Å². The van der Waals surface area contributed by atoms with E-state index in [0.717, 1.165) is 5.69 Å². The Hall–Kier alpha value is -2.65. The van der Waals surface area contributed by atoms with Gasteiger partial charge in [-0.3, -0.25) is 9.48 Å². The smallest absolute Gasteiger partial charge is 0.273 e. The van der Waals surface area contributed by atoms with Crippen LogP contribution in [0.1, 0.15) is 21.7 Å². The number of nitrogens with one attached hydrogen (secondary N) is 1. The molecule has 1 aromatic carbocycles. The van der Waals surface area contributed by atoms with E-state index in [1.807, 2.05) is 0 Å². The Morgan fingerprint density at radius 1 is 1.48 bits per heavy atom. The summed E-state index contributed by atoms with van der Waals surface area (Å²) in [5, 5.41) is 15.4. The van der Waals surface area contributed by atoms with Gasteiger partial charge in [0.05, 0.1) is 11.3 Å². The Balaban J connectivity index is 2.23. The van der Waals surface area contributed by atoms with E-state index >= 15 is 0 Å². The van der Waals surface area contributed by atoms with E-state index in [4.69, 9.17) is 5.11 Å². The Labute approximate surface area is 121 Å². The molecule has 0 saturated heterocycles. The average molecular weight is 287 g/mol. The van der Waals surface area contributed by atoms with Gasteiger partial charge in [-0.1, -0.05) is 11.8 Å². The van der Waals surface area contributed by atoms with Gasteiger partial charge >= 0.3 is 0 Å².